The Morgan fingerprint density at radius 1 is 1.50 bits per heavy atom. The summed E-state index contributed by atoms with van der Waals surface area (Å²) in [6, 6.07) is 4.01. The Morgan fingerprint density at radius 3 is 2.83 bits per heavy atom. The molecule has 1 N–H and O–H groups in total. The summed E-state index contributed by atoms with van der Waals surface area (Å²) < 4.78 is 4.83. The summed E-state index contributed by atoms with van der Waals surface area (Å²) in [5.41, 5.74) is 0.939. The number of esters is 1. The normalized spacial score (nSPS) is 12.7. The zero-order valence-corrected chi connectivity index (χ0v) is 11.5. The number of carbonyl (C=O) groups is 1. The third-order valence-electron chi connectivity index (χ3n) is 2.80. The standard InChI is InChI=1S/C13H16N2O2S/c1-8(2)11(13(16)17-3)12-14-7-9(15-12)10-5-4-6-18-10/h4-8,11H,1-3H3,(H,14,15). The van der Waals surface area contributed by atoms with Crippen molar-refractivity contribution in [1.82, 2.24) is 9.97 Å². The van der Waals surface area contributed by atoms with E-state index in [2.05, 4.69) is 9.97 Å². The Bertz CT molecular complexity index is 517. The molecule has 0 saturated carbocycles. The Morgan fingerprint density at radius 2 is 2.28 bits per heavy atom. The maximum Gasteiger partial charge on any atom is 0.316 e. The van der Waals surface area contributed by atoms with Crippen LogP contribution >= 0.6 is 11.3 Å². The van der Waals surface area contributed by atoms with Crippen molar-refractivity contribution in [3.05, 3.63) is 29.5 Å². The Hall–Kier alpha value is -1.62. The Kier molecular flexibility index (Phi) is 3.81. The molecule has 0 aliphatic rings. The van der Waals surface area contributed by atoms with E-state index in [0.717, 1.165) is 10.6 Å². The van der Waals surface area contributed by atoms with Crippen LogP contribution in [0.2, 0.25) is 0 Å². The number of methoxy groups -OCH3 is 1. The lowest BCUT2D eigenvalue weighted by molar-refractivity contribution is -0.143. The second kappa shape index (κ2) is 5.35. The predicted octanol–water partition coefficient (Wildman–Crippen LogP) is 3.05. The van der Waals surface area contributed by atoms with E-state index in [1.807, 2.05) is 31.4 Å². The van der Waals surface area contributed by atoms with Gasteiger partial charge in [-0.3, -0.25) is 4.79 Å². The lowest BCUT2D eigenvalue weighted by atomic mass is 9.95. The van der Waals surface area contributed by atoms with Gasteiger partial charge >= 0.3 is 5.97 Å². The number of hydrogen-bond donors (Lipinski definition) is 1. The van der Waals surface area contributed by atoms with Crippen molar-refractivity contribution in [3.8, 4) is 10.6 Å². The quantitative estimate of drug-likeness (QED) is 0.863. The summed E-state index contributed by atoms with van der Waals surface area (Å²) in [6.45, 7) is 3.96. The van der Waals surface area contributed by atoms with Crippen LogP contribution in [0.1, 0.15) is 25.6 Å². The van der Waals surface area contributed by atoms with Crippen LogP contribution in [-0.2, 0) is 9.53 Å². The summed E-state index contributed by atoms with van der Waals surface area (Å²) >= 11 is 1.64. The van der Waals surface area contributed by atoms with E-state index in [4.69, 9.17) is 4.74 Å². The van der Waals surface area contributed by atoms with Gasteiger partial charge in [-0.2, -0.15) is 0 Å². The van der Waals surface area contributed by atoms with Crippen molar-refractivity contribution in [2.24, 2.45) is 5.92 Å². The fourth-order valence-corrected chi connectivity index (χ4v) is 2.57. The first-order valence-electron chi connectivity index (χ1n) is 5.80. The van der Waals surface area contributed by atoms with Gasteiger partial charge in [0.15, 0.2) is 0 Å². The van der Waals surface area contributed by atoms with Crippen LogP contribution in [0.5, 0.6) is 0 Å². The minimum absolute atomic E-state index is 0.139. The number of hydrogen-bond acceptors (Lipinski definition) is 4. The Balaban J connectivity index is 2.30. The largest absolute Gasteiger partial charge is 0.468 e. The van der Waals surface area contributed by atoms with E-state index in [-0.39, 0.29) is 17.8 Å². The molecule has 0 bridgehead atoms. The fraction of sp³-hybridized carbons (Fsp3) is 0.385. The van der Waals surface area contributed by atoms with Crippen LogP contribution < -0.4 is 0 Å². The summed E-state index contributed by atoms with van der Waals surface area (Å²) in [5.74, 6) is 0.209. The van der Waals surface area contributed by atoms with Gasteiger partial charge in [-0.15, -0.1) is 11.3 Å². The maximum atomic E-state index is 11.8. The van der Waals surface area contributed by atoms with Gasteiger partial charge in [0, 0.05) is 0 Å². The van der Waals surface area contributed by atoms with Gasteiger partial charge in [-0.1, -0.05) is 19.9 Å². The van der Waals surface area contributed by atoms with Gasteiger partial charge in [0.2, 0.25) is 0 Å². The highest BCUT2D eigenvalue weighted by atomic mass is 32.1. The van der Waals surface area contributed by atoms with Gasteiger partial charge < -0.3 is 9.72 Å². The number of thiophene rings is 1. The molecule has 0 fully saturated rings. The number of nitrogens with zero attached hydrogens (tertiary/aromatic N) is 1. The lowest BCUT2D eigenvalue weighted by Crippen LogP contribution is -2.20. The molecule has 18 heavy (non-hydrogen) atoms. The molecule has 2 rings (SSSR count). The van der Waals surface area contributed by atoms with Gasteiger partial charge in [-0.05, 0) is 17.4 Å². The van der Waals surface area contributed by atoms with Crippen molar-refractivity contribution in [2.75, 3.05) is 7.11 Å². The highest BCUT2D eigenvalue weighted by Gasteiger charge is 2.27. The number of aromatic nitrogens is 2. The molecule has 0 aliphatic carbocycles. The van der Waals surface area contributed by atoms with Crippen molar-refractivity contribution in [1.29, 1.82) is 0 Å². The maximum absolute atomic E-state index is 11.8. The molecule has 0 amide bonds. The second-order valence-corrected chi connectivity index (χ2v) is 5.35. The van der Waals surface area contributed by atoms with Gasteiger partial charge in [0.25, 0.3) is 0 Å². The van der Waals surface area contributed by atoms with E-state index in [0.29, 0.717) is 5.82 Å². The number of nitrogens with one attached hydrogen (secondary N) is 1. The number of imidazole rings is 1. The highest BCUT2D eigenvalue weighted by Crippen LogP contribution is 2.28. The van der Waals surface area contributed by atoms with Gasteiger partial charge in [0.05, 0.1) is 23.9 Å². The minimum atomic E-state index is -0.344. The van der Waals surface area contributed by atoms with Crippen molar-refractivity contribution in [3.63, 3.8) is 0 Å². The molecule has 0 radical (unpaired) electrons. The molecular weight excluding hydrogens is 248 g/mol. The van der Waals surface area contributed by atoms with E-state index in [1.165, 1.54) is 7.11 Å². The molecule has 0 aromatic carbocycles. The SMILES string of the molecule is COC(=O)C(c1ncc(-c2cccs2)[nH]1)C(C)C. The van der Waals surface area contributed by atoms with E-state index < -0.39 is 0 Å². The molecule has 0 saturated heterocycles. The predicted molar refractivity (Wildman–Crippen MR) is 71.5 cm³/mol. The summed E-state index contributed by atoms with van der Waals surface area (Å²) in [4.78, 5) is 20.4. The lowest BCUT2D eigenvalue weighted by Gasteiger charge is -2.15. The van der Waals surface area contributed by atoms with E-state index in [1.54, 1.807) is 17.5 Å². The fourth-order valence-electron chi connectivity index (χ4n) is 1.88. The number of H-pyrrole nitrogens is 1. The third kappa shape index (κ3) is 2.46. The highest BCUT2D eigenvalue weighted by molar-refractivity contribution is 7.13. The average molecular weight is 264 g/mol. The molecule has 2 aromatic heterocycles. The number of ether oxygens (including phenoxy) is 1. The van der Waals surface area contributed by atoms with Crippen LogP contribution in [0.4, 0.5) is 0 Å². The molecule has 5 heteroatoms. The van der Waals surface area contributed by atoms with Crippen molar-refractivity contribution >= 4 is 17.3 Å². The monoisotopic (exact) mass is 264 g/mol. The van der Waals surface area contributed by atoms with Crippen LogP contribution in [-0.4, -0.2) is 23.0 Å². The summed E-state index contributed by atoms with van der Waals surface area (Å²) in [7, 11) is 1.40. The van der Waals surface area contributed by atoms with Crippen LogP contribution in [0.3, 0.4) is 0 Å². The minimum Gasteiger partial charge on any atom is -0.468 e. The Labute approximate surface area is 110 Å². The number of aromatic amines is 1. The zero-order valence-electron chi connectivity index (χ0n) is 10.6. The summed E-state index contributed by atoms with van der Waals surface area (Å²) in [6.07, 6.45) is 1.76. The first-order valence-corrected chi connectivity index (χ1v) is 6.68. The van der Waals surface area contributed by atoms with Crippen LogP contribution in [0.25, 0.3) is 10.6 Å². The summed E-state index contributed by atoms with van der Waals surface area (Å²) in [5, 5.41) is 2.01. The molecule has 4 nitrogen and oxygen atoms in total. The van der Waals surface area contributed by atoms with Gasteiger partial charge in [0.1, 0.15) is 11.7 Å². The molecule has 2 aromatic rings. The second-order valence-electron chi connectivity index (χ2n) is 4.40. The van der Waals surface area contributed by atoms with Gasteiger partial charge in [-0.25, -0.2) is 4.98 Å². The third-order valence-corrected chi connectivity index (χ3v) is 3.70. The molecule has 0 spiro atoms. The molecule has 1 atom stereocenters. The topological polar surface area (TPSA) is 55.0 Å². The zero-order chi connectivity index (χ0) is 13.1. The van der Waals surface area contributed by atoms with Crippen molar-refractivity contribution < 1.29 is 9.53 Å². The molecule has 96 valence electrons. The van der Waals surface area contributed by atoms with E-state index >= 15 is 0 Å². The molecule has 2 heterocycles. The van der Waals surface area contributed by atoms with Crippen LogP contribution in [0.15, 0.2) is 23.7 Å². The number of rotatable bonds is 4. The first kappa shape index (κ1) is 12.8. The smallest absolute Gasteiger partial charge is 0.316 e. The van der Waals surface area contributed by atoms with Crippen LogP contribution in [0, 0.1) is 5.92 Å². The van der Waals surface area contributed by atoms with E-state index in [9.17, 15) is 4.79 Å². The molecule has 0 aliphatic heterocycles. The van der Waals surface area contributed by atoms with Crippen molar-refractivity contribution in [2.45, 2.75) is 19.8 Å². The number of carbonyl (C=O) groups excluding carboxylic acids is 1. The molecular formula is C13H16N2O2S. The molecule has 1 unspecified atom stereocenters. The first-order chi connectivity index (χ1) is 8.63. The average Bonchev–Trinajstić information content (AvgIpc) is 2.98.